The maximum absolute atomic E-state index is 12.2. The Balaban J connectivity index is 2.11. The molecule has 0 radical (unpaired) electrons. The lowest BCUT2D eigenvalue weighted by molar-refractivity contribution is 0.0754. The van der Waals surface area contributed by atoms with Crippen molar-refractivity contribution >= 4 is 5.91 Å². The number of nitrogens with zero attached hydrogens (tertiary/aromatic N) is 1. The van der Waals surface area contributed by atoms with Crippen LogP contribution in [0.25, 0.3) is 0 Å². The van der Waals surface area contributed by atoms with E-state index in [0.29, 0.717) is 11.6 Å². The third kappa shape index (κ3) is 2.96. The van der Waals surface area contributed by atoms with Gasteiger partial charge in [-0.05, 0) is 31.2 Å². The van der Waals surface area contributed by atoms with Gasteiger partial charge in [-0.2, -0.15) is 0 Å². The molecule has 1 saturated heterocycles. The van der Waals surface area contributed by atoms with Crippen molar-refractivity contribution in [3.63, 3.8) is 0 Å². The summed E-state index contributed by atoms with van der Waals surface area (Å²) in [6, 6.07) is 4.70. The molecule has 4 nitrogen and oxygen atoms in total. The third-order valence-electron chi connectivity index (χ3n) is 3.30. The SMILES string of the molecule is CC1CCCN(C(=O)c2cccc(=O)[nH]2)CC1. The van der Waals surface area contributed by atoms with Crippen molar-refractivity contribution in [1.29, 1.82) is 0 Å². The van der Waals surface area contributed by atoms with Gasteiger partial charge in [0.25, 0.3) is 5.91 Å². The van der Waals surface area contributed by atoms with Gasteiger partial charge in [0.05, 0.1) is 0 Å². The zero-order valence-electron chi connectivity index (χ0n) is 10.1. The van der Waals surface area contributed by atoms with Crippen LogP contribution in [0.2, 0.25) is 0 Å². The third-order valence-corrected chi connectivity index (χ3v) is 3.30. The lowest BCUT2D eigenvalue weighted by Crippen LogP contribution is -2.33. The summed E-state index contributed by atoms with van der Waals surface area (Å²) in [5.74, 6) is 0.624. The van der Waals surface area contributed by atoms with E-state index in [1.54, 1.807) is 12.1 Å². The average Bonchev–Trinajstić information content (AvgIpc) is 2.53. The van der Waals surface area contributed by atoms with Crippen molar-refractivity contribution in [1.82, 2.24) is 9.88 Å². The minimum Gasteiger partial charge on any atom is -0.337 e. The van der Waals surface area contributed by atoms with Crippen LogP contribution >= 0.6 is 0 Å². The molecule has 1 fully saturated rings. The van der Waals surface area contributed by atoms with Gasteiger partial charge in [0.1, 0.15) is 5.69 Å². The van der Waals surface area contributed by atoms with Crippen molar-refractivity contribution in [2.24, 2.45) is 5.92 Å². The molecule has 1 aliphatic heterocycles. The normalized spacial score (nSPS) is 21.0. The molecule has 4 heteroatoms. The Morgan fingerprint density at radius 2 is 2.18 bits per heavy atom. The number of H-pyrrole nitrogens is 1. The molecule has 1 atom stereocenters. The van der Waals surface area contributed by atoms with Gasteiger partial charge in [0.15, 0.2) is 0 Å². The first-order chi connectivity index (χ1) is 8.16. The van der Waals surface area contributed by atoms with Crippen molar-refractivity contribution < 1.29 is 4.79 Å². The van der Waals surface area contributed by atoms with Crippen LogP contribution in [0.4, 0.5) is 0 Å². The zero-order chi connectivity index (χ0) is 12.3. The molecular formula is C13H18N2O2. The molecule has 2 rings (SSSR count). The fourth-order valence-electron chi connectivity index (χ4n) is 2.21. The monoisotopic (exact) mass is 234 g/mol. The number of nitrogens with one attached hydrogen (secondary N) is 1. The first kappa shape index (κ1) is 11.9. The fraction of sp³-hybridized carbons (Fsp3) is 0.538. The highest BCUT2D eigenvalue weighted by atomic mass is 16.2. The van der Waals surface area contributed by atoms with Gasteiger partial charge in [-0.15, -0.1) is 0 Å². The van der Waals surface area contributed by atoms with E-state index in [2.05, 4.69) is 11.9 Å². The lowest BCUT2D eigenvalue weighted by atomic mass is 10.0. The number of hydrogen-bond donors (Lipinski definition) is 1. The first-order valence-electron chi connectivity index (χ1n) is 6.15. The van der Waals surface area contributed by atoms with Gasteiger partial charge in [0, 0.05) is 19.2 Å². The van der Waals surface area contributed by atoms with E-state index < -0.39 is 0 Å². The summed E-state index contributed by atoms with van der Waals surface area (Å²) >= 11 is 0. The van der Waals surface area contributed by atoms with E-state index in [1.165, 1.54) is 12.5 Å². The number of likely N-dealkylation sites (tertiary alicyclic amines) is 1. The molecule has 17 heavy (non-hydrogen) atoms. The van der Waals surface area contributed by atoms with E-state index in [1.807, 2.05) is 4.90 Å². The van der Waals surface area contributed by atoms with E-state index in [4.69, 9.17) is 0 Å². The number of rotatable bonds is 1. The molecule has 0 bridgehead atoms. The molecular weight excluding hydrogens is 216 g/mol. The van der Waals surface area contributed by atoms with Crippen LogP contribution in [-0.4, -0.2) is 28.9 Å². The average molecular weight is 234 g/mol. The predicted molar refractivity (Wildman–Crippen MR) is 66.0 cm³/mol. The summed E-state index contributed by atoms with van der Waals surface area (Å²) in [7, 11) is 0. The van der Waals surface area contributed by atoms with E-state index in [-0.39, 0.29) is 11.5 Å². The van der Waals surface area contributed by atoms with Crippen LogP contribution in [0.3, 0.4) is 0 Å². The largest absolute Gasteiger partial charge is 0.337 e. The topological polar surface area (TPSA) is 53.2 Å². The number of pyridine rings is 1. The maximum atomic E-state index is 12.2. The molecule has 92 valence electrons. The minimum absolute atomic E-state index is 0.0585. The van der Waals surface area contributed by atoms with Crippen LogP contribution in [0, 0.1) is 5.92 Å². The highest BCUT2D eigenvalue weighted by Gasteiger charge is 2.19. The van der Waals surface area contributed by atoms with E-state index in [9.17, 15) is 9.59 Å². The van der Waals surface area contributed by atoms with Gasteiger partial charge in [0.2, 0.25) is 5.56 Å². The Kier molecular flexibility index (Phi) is 3.61. The smallest absolute Gasteiger partial charge is 0.270 e. The number of hydrogen-bond acceptors (Lipinski definition) is 2. The summed E-state index contributed by atoms with van der Waals surface area (Å²) in [5, 5.41) is 0. The number of carbonyl (C=O) groups is 1. The molecule has 1 aromatic heterocycles. The number of carbonyl (C=O) groups excluding carboxylic acids is 1. The van der Waals surface area contributed by atoms with Crippen LogP contribution in [0.5, 0.6) is 0 Å². The molecule has 1 aliphatic rings. The Labute approximate surface area is 101 Å². The summed E-state index contributed by atoms with van der Waals surface area (Å²) in [5.41, 5.74) is 0.172. The second-order valence-corrected chi connectivity index (χ2v) is 4.76. The molecule has 1 N–H and O–H groups in total. The van der Waals surface area contributed by atoms with Gasteiger partial charge in [-0.25, -0.2) is 0 Å². The van der Waals surface area contributed by atoms with Gasteiger partial charge < -0.3 is 9.88 Å². The standard InChI is InChI=1S/C13H18N2O2/c1-10-4-3-8-15(9-7-10)13(17)11-5-2-6-12(16)14-11/h2,5-6,10H,3-4,7-9H2,1H3,(H,14,16). The summed E-state index contributed by atoms with van der Waals surface area (Å²) < 4.78 is 0. The molecule has 0 saturated carbocycles. The molecule has 1 aromatic rings. The maximum Gasteiger partial charge on any atom is 0.270 e. The molecule has 0 aromatic carbocycles. The van der Waals surface area contributed by atoms with Crippen LogP contribution < -0.4 is 5.56 Å². The van der Waals surface area contributed by atoms with Gasteiger partial charge in [-0.3, -0.25) is 9.59 Å². The van der Waals surface area contributed by atoms with Crippen molar-refractivity contribution in [2.75, 3.05) is 13.1 Å². The second kappa shape index (κ2) is 5.17. The quantitative estimate of drug-likeness (QED) is 0.803. The first-order valence-corrected chi connectivity index (χ1v) is 6.15. The van der Waals surface area contributed by atoms with E-state index in [0.717, 1.165) is 25.9 Å². The Bertz CT molecular complexity index is 453. The molecule has 0 spiro atoms. The van der Waals surface area contributed by atoms with Crippen LogP contribution in [-0.2, 0) is 0 Å². The summed E-state index contributed by atoms with van der Waals surface area (Å²) in [6.07, 6.45) is 3.27. The van der Waals surface area contributed by atoms with Crippen molar-refractivity contribution in [2.45, 2.75) is 26.2 Å². The van der Waals surface area contributed by atoms with Crippen LogP contribution in [0.15, 0.2) is 23.0 Å². The highest BCUT2D eigenvalue weighted by molar-refractivity contribution is 5.92. The summed E-state index contributed by atoms with van der Waals surface area (Å²) in [6.45, 7) is 3.80. The lowest BCUT2D eigenvalue weighted by Gasteiger charge is -2.20. The number of aromatic nitrogens is 1. The zero-order valence-corrected chi connectivity index (χ0v) is 10.1. The molecule has 1 amide bonds. The van der Waals surface area contributed by atoms with Crippen LogP contribution in [0.1, 0.15) is 36.7 Å². The number of aromatic amines is 1. The molecule has 2 heterocycles. The second-order valence-electron chi connectivity index (χ2n) is 4.76. The fourth-order valence-corrected chi connectivity index (χ4v) is 2.21. The highest BCUT2D eigenvalue weighted by Crippen LogP contribution is 2.17. The number of amides is 1. The van der Waals surface area contributed by atoms with Gasteiger partial charge >= 0.3 is 0 Å². The predicted octanol–water partition coefficient (Wildman–Crippen LogP) is 1.64. The Morgan fingerprint density at radius 3 is 2.94 bits per heavy atom. The summed E-state index contributed by atoms with van der Waals surface area (Å²) in [4.78, 5) is 27.8. The van der Waals surface area contributed by atoms with Crippen molar-refractivity contribution in [3.05, 3.63) is 34.2 Å². The molecule has 0 aliphatic carbocycles. The minimum atomic E-state index is -0.223. The van der Waals surface area contributed by atoms with Gasteiger partial charge in [-0.1, -0.05) is 13.0 Å². The Morgan fingerprint density at radius 1 is 1.35 bits per heavy atom. The van der Waals surface area contributed by atoms with Crippen molar-refractivity contribution in [3.8, 4) is 0 Å². The Hall–Kier alpha value is -1.58. The van der Waals surface area contributed by atoms with E-state index >= 15 is 0 Å². The molecule has 1 unspecified atom stereocenters.